The molecule has 0 aromatic rings. The number of aliphatic carboxylic acids is 1. The lowest BCUT2D eigenvalue weighted by Crippen LogP contribution is -2.41. The second-order valence-electron chi connectivity index (χ2n) is 4.83. The Kier molecular flexibility index (Phi) is 8.64. The fourth-order valence-corrected chi connectivity index (χ4v) is 1.91. The van der Waals surface area contributed by atoms with Gasteiger partial charge in [0.05, 0.1) is 13.2 Å². The summed E-state index contributed by atoms with van der Waals surface area (Å²) in [6.45, 7) is 4.70. The maximum Gasteiger partial charge on any atom is 0.303 e. The van der Waals surface area contributed by atoms with Gasteiger partial charge in [0.1, 0.15) is 11.6 Å². The highest BCUT2D eigenvalue weighted by Gasteiger charge is 2.12. The summed E-state index contributed by atoms with van der Waals surface area (Å²) in [7, 11) is 0. The first-order valence-electron chi connectivity index (χ1n) is 7.27. The summed E-state index contributed by atoms with van der Waals surface area (Å²) in [6, 6.07) is 1.83. The first-order chi connectivity index (χ1) is 10.6. The van der Waals surface area contributed by atoms with E-state index in [0.29, 0.717) is 32.7 Å². The summed E-state index contributed by atoms with van der Waals surface area (Å²) in [5.41, 5.74) is -0.0164. The van der Waals surface area contributed by atoms with Crippen molar-refractivity contribution in [3.05, 3.63) is 11.8 Å². The van der Waals surface area contributed by atoms with E-state index in [4.69, 9.17) is 15.1 Å². The Morgan fingerprint density at radius 3 is 2.68 bits per heavy atom. The van der Waals surface area contributed by atoms with Gasteiger partial charge in [-0.3, -0.25) is 14.5 Å². The van der Waals surface area contributed by atoms with Crippen LogP contribution in [0.4, 0.5) is 0 Å². The van der Waals surface area contributed by atoms with Gasteiger partial charge in [-0.05, 0) is 6.42 Å². The monoisotopic (exact) mass is 310 g/mol. The molecule has 8 heteroatoms. The Bertz CT molecular complexity index is 439. The molecule has 1 heterocycles. The number of carboxylic acids is 1. The molecule has 1 saturated heterocycles. The zero-order chi connectivity index (χ0) is 16.2. The predicted molar refractivity (Wildman–Crippen MR) is 78.8 cm³/mol. The summed E-state index contributed by atoms with van der Waals surface area (Å²) in [5, 5.41) is 22.9. The molecular formula is C14H22N4O4. The number of rotatable bonds is 9. The number of hydrogen-bond donors (Lipinski definition) is 3. The normalized spacial score (nSPS) is 15.9. The van der Waals surface area contributed by atoms with E-state index in [9.17, 15) is 9.59 Å². The van der Waals surface area contributed by atoms with E-state index >= 15 is 0 Å². The topological polar surface area (TPSA) is 115 Å². The Morgan fingerprint density at radius 1 is 1.32 bits per heavy atom. The molecule has 0 saturated carbocycles. The van der Waals surface area contributed by atoms with Gasteiger partial charge < -0.3 is 20.5 Å². The molecule has 3 N–H and O–H groups in total. The molecule has 0 radical (unpaired) electrons. The third kappa shape index (κ3) is 7.61. The molecule has 0 unspecified atom stereocenters. The van der Waals surface area contributed by atoms with Crippen molar-refractivity contribution in [2.75, 3.05) is 45.9 Å². The van der Waals surface area contributed by atoms with Crippen LogP contribution in [0.1, 0.15) is 12.8 Å². The lowest BCUT2D eigenvalue weighted by atomic mass is 10.3. The highest BCUT2D eigenvalue weighted by Crippen LogP contribution is 1.96. The van der Waals surface area contributed by atoms with Crippen LogP contribution in [0.3, 0.4) is 0 Å². The summed E-state index contributed by atoms with van der Waals surface area (Å²) < 4.78 is 5.24. The molecular weight excluding hydrogens is 288 g/mol. The lowest BCUT2D eigenvalue weighted by Gasteiger charge is -2.26. The minimum Gasteiger partial charge on any atom is -0.481 e. The van der Waals surface area contributed by atoms with Crippen LogP contribution in [0.25, 0.3) is 0 Å². The second kappa shape index (κ2) is 10.6. The van der Waals surface area contributed by atoms with Gasteiger partial charge in [-0.15, -0.1) is 0 Å². The number of carboxylic acid groups (broad SMARTS) is 1. The average molecular weight is 310 g/mol. The number of nitriles is 1. The van der Waals surface area contributed by atoms with Gasteiger partial charge in [0, 0.05) is 45.3 Å². The largest absolute Gasteiger partial charge is 0.481 e. The molecule has 1 aliphatic heterocycles. The summed E-state index contributed by atoms with van der Waals surface area (Å²) in [6.07, 6.45) is 1.81. The van der Waals surface area contributed by atoms with Crippen molar-refractivity contribution in [2.24, 2.45) is 0 Å². The molecule has 1 rings (SSSR count). The molecule has 1 amide bonds. The number of morpholine rings is 1. The standard InChI is InChI=1S/C14H22N4O4/c15-10-12(11-16-3-1-2-13(19)20)14(21)17-4-5-18-6-8-22-9-7-18/h11,16H,1-9H2,(H,17,21)(H,19,20)/b12-11-. The van der Waals surface area contributed by atoms with E-state index < -0.39 is 11.9 Å². The highest BCUT2D eigenvalue weighted by molar-refractivity contribution is 5.97. The minimum absolute atomic E-state index is 0.0164. The second-order valence-corrected chi connectivity index (χ2v) is 4.83. The lowest BCUT2D eigenvalue weighted by molar-refractivity contribution is -0.137. The Hall–Kier alpha value is -2.11. The summed E-state index contributed by atoms with van der Waals surface area (Å²) in [5.74, 6) is -1.30. The maximum atomic E-state index is 11.8. The van der Waals surface area contributed by atoms with E-state index in [-0.39, 0.29) is 12.0 Å². The van der Waals surface area contributed by atoms with Crippen LogP contribution in [0.2, 0.25) is 0 Å². The van der Waals surface area contributed by atoms with E-state index in [2.05, 4.69) is 15.5 Å². The van der Waals surface area contributed by atoms with Gasteiger partial charge in [0.15, 0.2) is 0 Å². The zero-order valence-electron chi connectivity index (χ0n) is 12.5. The van der Waals surface area contributed by atoms with Crippen molar-refractivity contribution in [1.29, 1.82) is 5.26 Å². The van der Waals surface area contributed by atoms with Crippen molar-refractivity contribution >= 4 is 11.9 Å². The first kappa shape index (κ1) is 17.9. The number of nitrogens with zero attached hydrogens (tertiary/aromatic N) is 2. The van der Waals surface area contributed by atoms with Crippen molar-refractivity contribution in [1.82, 2.24) is 15.5 Å². The van der Waals surface area contributed by atoms with Crippen LogP contribution in [-0.2, 0) is 14.3 Å². The maximum absolute atomic E-state index is 11.8. The molecule has 0 atom stereocenters. The van der Waals surface area contributed by atoms with Crippen molar-refractivity contribution in [2.45, 2.75) is 12.8 Å². The van der Waals surface area contributed by atoms with E-state index in [1.165, 1.54) is 6.20 Å². The highest BCUT2D eigenvalue weighted by atomic mass is 16.5. The van der Waals surface area contributed by atoms with Crippen molar-refractivity contribution in [3.63, 3.8) is 0 Å². The van der Waals surface area contributed by atoms with Crippen LogP contribution in [0.15, 0.2) is 11.8 Å². The predicted octanol–water partition coefficient (Wildman–Crippen LogP) is -0.703. The smallest absolute Gasteiger partial charge is 0.303 e. The molecule has 22 heavy (non-hydrogen) atoms. The number of ether oxygens (including phenoxy) is 1. The molecule has 1 fully saturated rings. The van der Waals surface area contributed by atoms with Crippen LogP contribution in [-0.4, -0.2) is 67.8 Å². The number of hydrogen-bond acceptors (Lipinski definition) is 6. The Morgan fingerprint density at radius 2 is 2.05 bits per heavy atom. The average Bonchev–Trinajstić information content (AvgIpc) is 2.51. The van der Waals surface area contributed by atoms with E-state index in [1.807, 2.05) is 6.07 Å². The van der Waals surface area contributed by atoms with Crippen molar-refractivity contribution < 1.29 is 19.4 Å². The third-order valence-corrected chi connectivity index (χ3v) is 3.14. The number of nitrogens with one attached hydrogen (secondary N) is 2. The van der Waals surface area contributed by atoms with Gasteiger partial charge in [-0.2, -0.15) is 5.26 Å². The van der Waals surface area contributed by atoms with Crippen LogP contribution < -0.4 is 10.6 Å². The summed E-state index contributed by atoms with van der Waals surface area (Å²) >= 11 is 0. The molecule has 122 valence electrons. The quantitative estimate of drug-likeness (QED) is 0.293. The first-order valence-corrected chi connectivity index (χ1v) is 7.27. The SMILES string of the molecule is N#C/C(=C/NCCCC(=O)O)C(=O)NCCN1CCOCC1. The fraction of sp³-hybridized carbons (Fsp3) is 0.643. The van der Waals surface area contributed by atoms with Crippen LogP contribution >= 0.6 is 0 Å². The molecule has 1 aliphatic rings. The van der Waals surface area contributed by atoms with Crippen LogP contribution in [0.5, 0.6) is 0 Å². The number of carbonyl (C=O) groups excluding carboxylic acids is 1. The van der Waals surface area contributed by atoms with Gasteiger partial charge in [0.25, 0.3) is 5.91 Å². The third-order valence-electron chi connectivity index (χ3n) is 3.14. The van der Waals surface area contributed by atoms with Crippen LogP contribution in [0, 0.1) is 11.3 Å². The number of amides is 1. The minimum atomic E-state index is -0.868. The van der Waals surface area contributed by atoms with E-state index in [1.54, 1.807) is 0 Å². The molecule has 0 bridgehead atoms. The van der Waals surface area contributed by atoms with Crippen molar-refractivity contribution in [3.8, 4) is 6.07 Å². The molecule has 0 aromatic carbocycles. The Balaban J connectivity index is 2.22. The molecule has 8 nitrogen and oxygen atoms in total. The van der Waals surface area contributed by atoms with Gasteiger partial charge >= 0.3 is 5.97 Å². The Labute approximate surface area is 129 Å². The fourth-order valence-electron chi connectivity index (χ4n) is 1.91. The molecule has 0 aliphatic carbocycles. The molecule has 0 aromatic heterocycles. The molecule has 0 spiro atoms. The van der Waals surface area contributed by atoms with Gasteiger partial charge in [0.2, 0.25) is 0 Å². The van der Waals surface area contributed by atoms with Gasteiger partial charge in [-0.25, -0.2) is 0 Å². The number of carbonyl (C=O) groups is 2. The zero-order valence-corrected chi connectivity index (χ0v) is 12.5. The summed E-state index contributed by atoms with van der Waals surface area (Å²) in [4.78, 5) is 24.3. The van der Waals surface area contributed by atoms with E-state index in [0.717, 1.165) is 19.6 Å². The van der Waals surface area contributed by atoms with Gasteiger partial charge in [-0.1, -0.05) is 0 Å².